The molecule has 0 aromatic heterocycles. The second-order valence-electron chi connectivity index (χ2n) is 2.78. The zero-order valence-electron chi connectivity index (χ0n) is 8.02. The lowest BCUT2D eigenvalue weighted by atomic mass is 10.3. The Morgan fingerprint density at radius 3 is 2.86 bits per heavy atom. The molecule has 0 heterocycles. The number of ether oxygens (including phenoxy) is 1. The van der Waals surface area contributed by atoms with Crippen molar-refractivity contribution in [1.82, 2.24) is 5.32 Å². The Labute approximate surface area is 81.9 Å². The summed E-state index contributed by atoms with van der Waals surface area (Å²) in [5, 5.41) is 3.01. The first-order valence-corrected chi connectivity index (χ1v) is 4.52. The van der Waals surface area contributed by atoms with Crippen molar-refractivity contribution in [3.8, 4) is 5.75 Å². The van der Waals surface area contributed by atoms with Crippen molar-refractivity contribution in [2.24, 2.45) is 0 Å². The van der Waals surface area contributed by atoms with Crippen LogP contribution in [0.25, 0.3) is 0 Å². The van der Waals surface area contributed by atoms with Gasteiger partial charge in [0.25, 0.3) is 0 Å². The molecule has 1 rings (SSSR count). The van der Waals surface area contributed by atoms with Crippen LogP contribution < -0.4 is 10.1 Å². The molecule has 0 aliphatic heterocycles. The van der Waals surface area contributed by atoms with E-state index in [2.05, 4.69) is 5.32 Å². The summed E-state index contributed by atoms with van der Waals surface area (Å²) in [5.74, 6) is -1.07. The standard InChI is InChI=1S/C10H13F2NO/c1-2-13-5-6-14-10-7-8(11)3-4-9(10)12/h3-4,7,13H,2,5-6H2,1H3. The molecule has 1 aromatic rings. The zero-order valence-corrected chi connectivity index (χ0v) is 8.02. The van der Waals surface area contributed by atoms with Crippen LogP contribution in [0.4, 0.5) is 8.78 Å². The van der Waals surface area contributed by atoms with Crippen molar-refractivity contribution in [1.29, 1.82) is 0 Å². The zero-order chi connectivity index (χ0) is 10.4. The van der Waals surface area contributed by atoms with Crippen molar-refractivity contribution in [3.05, 3.63) is 29.8 Å². The van der Waals surface area contributed by atoms with E-state index in [1.165, 1.54) is 0 Å². The summed E-state index contributed by atoms with van der Waals surface area (Å²) in [7, 11) is 0. The highest BCUT2D eigenvalue weighted by atomic mass is 19.1. The Hall–Kier alpha value is -1.16. The van der Waals surface area contributed by atoms with Crippen molar-refractivity contribution in [2.45, 2.75) is 6.92 Å². The molecule has 14 heavy (non-hydrogen) atoms. The quantitative estimate of drug-likeness (QED) is 0.735. The van der Waals surface area contributed by atoms with Gasteiger partial charge < -0.3 is 10.1 Å². The summed E-state index contributed by atoms with van der Waals surface area (Å²) in [6.45, 7) is 3.73. The largest absolute Gasteiger partial charge is 0.489 e. The third-order valence-electron chi connectivity index (χ3n) is 1.68. The highest BCUT2D eigenvalue weighted by Gasteiger charge is 2.03. The summed E-state index contributed by atoms with van der Waals surface area (Å²) in [6, 6.07) is 3.16. The number of hydrogen-bond donors (Lipinski definition) is 1. The average Bonchev–Trinajstić information content (AvgIpc) is 2.18. The summed E-state index contributed by atoms with van der Waals surface area (Å²) in [4.78, 5) is 0. The molecule has 0 aliphatic carbocycles. The Morgan fingerprint density at radius 2 is 2.14 bits per heavy atom. The predicted octanol–water partition coefficient (Wildman–Crippen LogP) is 1.95. The molecule has 0 spiro atoms. The van der Waals surface area contributed by atoms with Crippen molar-refractivity contribution >= 4 is 0 Å². The minimum atomic E-state index is -0.539. The van der Waals surface area contributed by atoms with Gasteiger partial charge in [-0.2, -0.15) is 0 Å². The first-order chi connectivity index (χ1) is 6.74. The Balaban J connectivity index is 2.45. The molecular weight excluding hydrogens is 188 g/mol. The molecule has 78 valence electrons. The van der Waals surface area contributed by atoms with Gasteiger partial charge in [0, 0.05) is 12.6 Å². The molecule has 0 aliphatic rings. The average molecular weight is 201 g/mol. The van der Waals surface area contributed by atoms with Crippen molar-refractivity contribution in [2.75, 3.05) is 19.7 Å². The molecule has 0 amide bonds. The molecule has 0 unspecified atom stereocenters. The molecule has 2 nitrogen and oxygen atoms in total. The highest BCUT2D eigenvalue weighted by molar-refractivity contribution is 5.24. The number of benzene rings is 1. The molecule has 1 N–H and O–H groups in total. The minimum absolute atomic E-state index is 0.0390. The molecule has 0 saturated heterocycles. The van der Waals surface area contributed by atoms with Gasteiger partial charge in [-0.3, -0.25) is 0 Å². The normalized spacial score (nSPS) is 10.2. The summed E-state index contributed by atoms with van der Waals surface area (Å²) in [5.41, 5.74) is 0. The van der Waals surface area contributed by atoms with Crippen LogP contribution in [0.3, 0.4) is 0 Å². The number of nitrogens with one attached hydrogen (secondary N) is 1. The predicted molar refractivity (Wildman–Crippen MR) is 50.4 cm³/mol. The summed E-state index contributed by atoms with van der Waals surface area (Å²) in [6.07, 6.45) is 0. The lowest BCUT2D eigenvalue weighted by molar-refractivity contribution is 0.298. The maximum atomic E-state index is 13.0. The van der Waals surface area contributed by atoms with Gasteiger partial charge in [-0.05, 0) is 18.7 Å². The third kappa shape index (κ3) is 3.30. The SMILES string of the molecule is CCNCCOc1cc(F)ccc1F. The van der Waals surface area contributed by atoms with Crippen LogP contribution in [0.5, 0.6) is 5.75 Å². The number of hydrogen-bond acceptors (Lipinski definition) is 2. The monoisotopic (exact) mass is 201 g/mol. The van der Waals surface area contributed by atoms with E-state index in [9.17, 15) is 8.78 Å². The van der Waals surface area contributed by atoms with E-state index >= 15 is 0 Å². The van der Waals surface area contributed by atoms with E-state index < -0.39 is 11.6 Å². The molecule has 0 atom stereocenters. The number of rotatable bonds is 5. The van der Waals surface area contributed by atoms with E-state index in [1.54, 1.807) is 0 Å². The minimum Gasteiger partial charge on any atom is -0.489 e. The van der Waals surface area contributed by atoms with Gasteiger partial charge in [0.15, 0.2) is 11.6 Å². The molecule has 0 saturated carbocycles. The van der Waals surface area contributed by atoms with E-state index in [0.29, 0.717) is 13.2 Å². The first-order valence-electron chi connectivity index (χ1n) is 4.52. The maximum Gasteiger partial charge on any atom is 0.165 e. The lowest BCUT2D eigenvalue weighted by Crippen LogP contribution is -2.20. The second kappa shape index (κ2) is 5.54. The van der Waals surface area contributed by atoms with Crippen LogP contribution in [0.1, 0.15) is 6.92 Å². The Kier molecular flexibility index (Phi) is 4.32. The smallest absolute Gasteiger partial charge is 0.165 e. The van der Waals surface area contributed by atoms with Crippen LogP contribution >= 0.6 is 0 Å². The van der Waals surface area contributed by atoms with E-state index in [4.69, 9.17) is 4.74 Å². The maximum absolute atomic E-state index is 13.0. The van der Waals surface area contributed by atoms with Gasteiger partial charge in [0.05, 0.1) is 0 Å². The number of likely N-dealkylation sites (N-methyl/N-ethyl adjacent to an activating group) is 1. The highest BCUT2D eigenvalue weighted by Crippen LogP contribution is 2.17. The van der Waals surface area contributed by atoms with Crippen LogP contribution in [0, 0.1) is 11.6 Å². The Bertz CT molecular complexity index is 291. The van der Waals surface area contributed by atoms with Gasteiger partial charge in [-0.1, -0.05) is 6.92 Å². The molecule has 0 bridgehead atoms. The molecule has 1 aromatic carbocycles. The molecule has 4 heteroatoms. The van der Waals surface area contributed by atoms with Crippen LogP contribution in [-0.4, -0.2) is 19.7 Å². The van der Waals surface area contributed by atoms with Crippen molar-refractivity contribution in [3.63, 3.8) is 0 Å². The fourth-order valence-corrected chi connectivity index (χ4v) is 0.998. The van der Waals surface area contributed by atoms with Crippen molar-refractivity contribution < 1.29 is 13.5 Å². The van der Waals surface area contributed by atoms with Crippen LogP contribution in [0.2, 0.25) is 0 Å². The Morgan fingerprint density at radius 1 is 1.36 bits per heavy atom. The van der Waals surface area contributed by atoms with Gasteiger partial charge in [-0.25, -0.2) is 8.78 Å². The summed E-state index contributed by atoms with van der Waals surface area (Å²) >= 11 is 0. The second-order valence-corrected chi connectivity index (χ2v) is 2.78. The van der Waals surface area contributed by atoms with Gasteiger partial charge in [0.1, 0.15) is 12.4 Å². The van der Waals surface area contributed by atoms with Crippen LogP contribution in [0.15, 0.2) is 18.2 Å². The third-order valence-corrected chi connectivity index (χ3v) is 1.68. The van der Waals surface area contributed by atoms with Gasteiger partial charge in [-0.15, -0.1) is 0 Å². The van der Waals surface area contributed by atoms with E-state index in [1.807, 2.05) is 6.92 Å². The van der Waals surface area contributed by atoms with E-state index in [-0.39, 0.29) is 5.75 Å². The topological polar surface area (TPSA) is 21.3 Å². The van der Waals surface area contributed by atoms with E-state index in [0.717, 1.165) is 24.7 Å². The number of halogens is 2. The lowest BCUT2D eigenvalue weighted by Gasteiger charge is -2.07. The molecular formula is C10H13F2NO. The van der Waals surface area contributed by atoms with Gasteiger partial charge in [0.2, 0.25) is 0 Å². The fourth-order valence-electron chi connectivity index (χ4n) is 0.998. The molecule has 0 radical (unpaired) electrons. The van der Waals surface area contributed by atoms with Gasteiger partial charge >= 0.3 is 0 Å². The first kappa shape index (κ1) is 10.9. The van der Waals surface area contributed by atoms with Crippen LogP contribution in [-0.2, 0) is 0 Å². The fraction of sp³-hybridized carbons (Fsp3) is 0.400. The summed E-state index contributed by atoms with van der Waals surface area (Å²) < 4.78 is 30.7. The molecule has 0 fully saturated rings.